The molecule has 1 N–H and O–H groups in total. The number of fused-ring (bicyclic) bond motifs is 5. The molecule has 4 atom stereocenters. The van der Waals surface area contributed by atoms with Crippen molar-refractivity contribution >= 4 is 33.4 Å². The number of carbonyl (C=O) groups is 3. The Hall–Kier alpha value is -2.52. The van der Waals surface area contributed by atoms with Crippen LogP contribution in [-0.2, 0) is 24.4 Å². The SMILES string of the molecule is CN(C)S(=O)(=O)c1cccc(NC(=O)CN2C(=O)[C@@H]3[C@@H](C2=O)[C@H]2C=C[C@@H]3C2)c1. The molecule has 8 nitrogen and oxygen atoms in total. The topological polar surface area (TPSA) is 104 Å². The molecule has 1 saturated heterocycles. The first-order chi connectivity index (χ1) is 13.2. The van der Waals surface area contributed by atoms with Crippen molar-refractivity contribution in [3.05, 3.63) is 36.4 Å². The van der Waals surface area contributed by atoms with E-state index in [0.29, 0.717) is 0 Å². The van der Waals surface area contributed by atoms with Crippen LogP contribution >= 0.6 is 0 Å². The molecule has 3 amide bonds. The monoisotopic (exact) mass is 403 g/mol. The first-order valence-corrected chi connectivity index (χ1v) is 10.5. The van der Waals surface area contributed by atoms with Gasteiger partial charge < -0.3 is 5.32 Å². The largest absolute Gasteiger partial charge is 0.324 e. The molecule has 1 aliphatic heterocycles. The van der Waals surface area contributed by atoms with Crippen LogP contribution in [0.1, 0.15) is 6.42 Å². The smallest absolute Gasteiger partial charge is 0.244 e. The predicted molar refractivity (Wildman–Crippen MR) is 100 cm³/mol. The summed E-state index contributed by atoms with van der Waals surface area (Å²) in [4.78, 5) is 38.8. The molecule has 2 fully saturated rings. The number of amides is 3. The van der Waals surface area contributed by atoms with E-state index in [9.17, 15) is 22.8 Å². The summed E-state index contributed by atoms with van der Waals surface area (Å²) in [5.74, 6) is -1.62. The molecular formula is C19H21N3O5S. The molecule has 0 unspecified atom stereocenters. The van der Waals surface area contributed by atoms with Gasteiger partial charge in [-0.05, 0) is 36.5 Å². The van der Waals surface area contributed by atoms with Crippen molar-refractivity contribution in [2.24, 2.45) is 23.7 Å². The van der Waals surface area contributed by atoms with Crippen LogP contribution < -0.4 is 5.32 Å². The molecular weight excluding hydrogens is 382 g/mol. The summed E-state index contributed by atoms with van der Waals surface area (Å²) < 4.78 is 25.5. The molecule has 2 bridgehead atoms. The summed E-state index contributed by atoms with van der Waals surface area (Å²) in [7, 11) is -0.793. The zero-order valence-corrected chi connectivity index (χ0v) is 16.3. The van der Waals surface area contributed by atoms with Gasteiger partial charge in [0.05, 0.1) is 16.7 Å². The van der Waals surface area contributed by atoms with Gasteiger partial charge in [-0.1, -0.05) is 18.2 Å². The Morgan fingerprint density at radius 1 is 1.14 bits per heavy atom. The summed E-state index contributed by atoms with van der Waals surface area (Å²) in [6.45, 7) is -0.366. The number of hydrogen-bond acceptors (Lipinski definition) is 5. The second-order valence-electron chi connectivity index (χ2n) is 7.63. The Balaban J connectivity index is 1.46. The van der Waals surface area contributed by atoms with E-state index in [1.54, 1.807) is 6.07 Å². The van der Waals surface area contributed by atoms with Gasteiger partial charge in [0.2, 0.25) is 27.7 Å². The van der Waals surface area contributed by atoms with Crippen molar-refractivity contribution in [3.8, 4) is 0 Å². The summed E-state index contributed by atoms with van der Waals surface area (Å²) in [6, 6.07) is 5.85. The van der Waals surface area contributed by atoms with Crippen molar-refractivity contribution in [2.75, 3.05) is 26.0 Å². The number of likely N-dealkylation sites (tertiary alicyclic amines) is 1. The van der Waals surface area contributed by atoms with E-state index in [4.69, 9.17) is 0 Å². The highest BCUT2D eigenvalue weighted by Gasteiger charge is 2.59. The Morgan fingerprint density at radius 3 is 2.32 bits per heavy atom. The van der Waals surface area contributed by atoms with Crippen molar-refractivity contribution in [1.82, 2.24) is 9.21 Å². The number of imide groups is 1. The third kappa shape index (κ3) is 2.85. The molecule has 4 rings (SSSR count). The van der Waals surface area contributed by atoms with Crippen LogP contribution in [0.5, 0.6) is 0 Å². The number of nitrogens with zero attached hydrogens (tertiary/aromatic N) is 2. The van der Waals surface area contributed by atoms with E-state index in [-0.39, 0.29) is 52.6 Å². The fourth-order valence-corrected chi connectivity index (χ4v) is 5.36. The molecule has 9 heteroatoms. The fourth-order valence-electron chi connectivity index (χ4n) is 4.41. The number of anilines is 1. The zero-order valence-electron chi connectivity index (χ0n) is 15.5. The number of hydrogen-bond donors (Lipinski definition) is 1. The molecule has 1 aromatic rings. The Morgan fingerprint density at radius 2 is 1.75 bits per heavy atom. The highest BCUT2D eigenvalue weighted by atomic mass is 32.2. The number of rotatable bonds is 5. The van der Waals surface area contributed by atoms with Gasteiger partial charge in [-0.3, -0.25) is 19.3 Å². The predicted octanol–water partition coefficient (Wildman–Crippen LogP) is 0.682. The van der Waals surface area contributed by atoms with Gasteiger partial charge in [0.15, 0.2) is 0 Å². The lowest BCUT2D eigenvalue weighted by Gasteiger charge is -2.17. The van der Waals surface area contributed by atoms with Gasteiger partial charge in [-0.15, -0.1) is 0 Å². The van der Waals surface area contributed by atoms with Crippen LogP contribution in [0.25, 0.3) is 0 Å². The lowest BCUT2D eigenvalue weighted by atomic mass is 9.85. The normalized spacial score (nSPS) is 28.3. The third-order valence-electron chi connectivity index (χ3n) is 5.76. The Labute approximate surface area is 163 Å². The van der Waals surface area contributed by atoms with Crippen molar-refractivity contribution in [2.45, 2.75) is 11.3 Å². The van der Waals surface area contributed by atoms with Gasteiger partial charge in [0.1, 0.15) is 6.54 Å². The van der Waals surface area contributed by atoms with Crippen LogP contribution in [0.3, 0.4) is 0 Å². The second-order valence-corrected chi connectivity index (χ2v) is 9.78. The molecule has 0 aromatic heterocycles. The van der Waals surface area contributed by atoms with Crippen LogP contribution in [-0.4, -0.2) is 56.0 Å². The van der Waals surface area contributed by atoms with Gasteiger partial charge in [0.25, 0.3) is 0 Å². The number of allylic oxidation sites excluding steroid dienone is 2. The molecule has 3 aliphatic rings. The maximum absolute atomic E-state index is 12.6. The maximum atomic E-state index is 12.6. The Kier molecular flexibility index (Phi) is 4.39. The third-order valence-corrected chi connectivity index (χ3v) is 7.57. The van der Waals surface area contributed by atoms with Gasteiger partial charge in [-0.2, -0.15) is 0 Å². The van der Waals surface area contributed by atoms with Crippen LogP contribution in [0.4, 0.5) is 5.69 Å². The molecule has 0 spiro atoms. The van der Waals surface area contributed by atoms with E-state index in [2.05, 4.69) is 5.32 Å². The highest BCUT2D eigenvalue weighted by molar-refractivity contribution is 7.89. The van der Waals surface area contributed by atoms with Crippen LogP contribution in [0.15, 0.2) is 41.3 Å². The van der Waals surface area contributed by atoms with Crippen LogP contribution in [0, 0.1) is 23.7 Å². The number of carbonyl (C=O) groups excluding carboxylic acids is 3. The van der Waals surface area contributed by atoms with E-state index in [1.807, 2.05) is 12.2 Å². The minimum absolute atomic E-state index is 0.0424. The average Bonchev–Trinajstić information content (AvgIpc) is 3.32. The van der Waals surface area contributed by atoms with Crippen molar-refractivity contribution in [1.29, 1.82) is 0 Å². The molecule has 1 saturated carbocycles. The van der Waals surface area contributed by atoms with E-state index < -0.39 is 15.9 Å². The summed E-state index contributed by atoms with van der Waals surface area (Å²) >= 11 is 0. The second kappa shape index (κ2) is 6.52. The van der Waals surface area contributed by atoms with Gasteiger partial charge in [-0.25, -0.2) is 12.7 Å². The average molecular weight is 403 g/mol. The van der Waals surface area contributed by atoms with Crippen molar-refractivity contribution < 1.29 is 22.8 Å². The number of sulfonamides is 1. The van der Waals surface area contributed by atoms with E-state index in [0.717, 1.165) is 15.6 Å². The molecule has 148 valence electrons. The molecule has 1 heterocycles. The molecule has 1 aromatic carbocycles. The number of benzene rings is 1. The van der Waals surface area contributed by atoms with E-state index in [1.165, 1.54) is 32.3 Å². The molecule has 28 heavy (non-hydrogen) atoms. The van der Waals surface area contributed by atoms with Crippen LogP contribution in [0.2, 0.25) is 0 Å². The molecule has 0 radical (unpaired) electrons. The fraction of sp³-hybridized carbons (Fsp3) is 0.421. The number of nitrogens with one attached hydrogen (secondary N) is 1. The zero-order chi connectivity index (χ0) is 20.2. The lowest BCUT2D eigenvalue weighted by molar-refractivity contribution is -0.143. The standard InChI is InChI=1S/C19H21N3O5S/c1-21(2)28(26,27)14-5-3-4-13(9-14)20-15(23)10-22-18(24)16-11-6-7-12(8-11)17(16)19(22)25/h3-7,9,11-12,16-17H,8,10H2,1-2H3,(H,20,23)/t11-,12+,16-,17-/m0/s1. The maximum Gasteiger partial charge on any atom is 0.244 e. The van der Waals surface area contributed by atoms with Gasteiger partial charge >= 0.3 is 0 Å². The lowest BCUT2D eigenvalue weighted by Crippen LogP contribution is -2.39. The van der Waals surface area contributed by atoms with Crippen molar-refractivity contribution in [3.63, 3.8) is 0 Å². The van der Waals surface area contributed by atoms with Gasteiger partial charge in [0, 0.05) is 19.8 Å². The Bertz CT molecular complexity index is 971. The molecule has 2 aliphatic carbocycles. The summed E-state index contributed by atoms with van der Waals surface area (Å²) in [6.07, 6.45) is 4.83. The minimum Gasteiger partial charge on any atom is -0.324 e. The highest BCUT2D eigenvalue weighted by Crippen LogP contribution is 2.52. The summed E-state index contributed by atoms with van der Waals surface area (Å²) in [5, 5.41) is 2.58. The van der Waals surface area contributed by atoms with E-state index >= 15 is 0 Å². The summed E-state index contributed by atoms with van der Waals surface area (Å²) in [5.41, 5.74) is 0.286. The quantitative estimate of drug-likeness (QED) is 0.575. The minimum atomic E-state index is -3.63. The first-order valence-electron chi connectivity index (χ1n) is 9.06. The first kappa shape index (κ1) is 18.8.